The van der Waals surface area contributed by atoms with E-state index in [0.29, 0.717) is 11.5 Å². The van der Waals surface area contributed by atoms with Crippen LogP contribution in [-0.2, 0) is 11.3 Å². The third kappa shape index (κ3) is 4.27. The number of amides is 2. The van der Waals surface area contributed by atoms with Gasteiger partial charge in [-0.2, -0.15) is 0 Å². The first-order chi connectivity index (χ1) is 11.3. The summed E-state index contributed by atoms with van der Waals surface area (Å²) in [6, 6.07) is 5.77. The highest BCUT2D eigenvalue weighted by atomic mass is 35.5. The lowest BCUT2D eigenvalue weighted by atomic mass is 10.2. The lowest BCUT2D eigenvalue weighted by Crippen LogP contribution is -2.45. The molecule has 0 saturated carbocycles. The molecule has 0 bridgehead atoms. The Labute approximate surface area is 149 Å². The fraction of sp³-hybridized carbons (Fsp3) is 0.312. The highest BCUT2D eigenvalue weighted by Crippen LogP contribution is 2.25. The topological polar surface area (TPSA) is 75.4 Å². The van der Waals surface area contributed by atoms with Crippen molar-refractivity contribution in [2.24, 2.45) is 0 Å². The van der Waals surface area contributed by atoms with E-state index in [2.05, 4.69) is 10.5 Å². The fourth-order valence-electron chi connectivity index (χ4n) is 2.16. The van der Waals surface area contributed by atoms with E-state index in [-0.39, 0.29) is 28.1 Å². The second-order valence-corrected chi connectivity index (χ2v) is 6.20. The highest BCUT2D eigenvalue weighted by Gasteiger charge is 2.22. The molecule has 6 nitrogen and oxygen atoms in total. The van der Waals surface area contributed by atoms with Crippen LogP contribution >= 0.6 is 23.2 Å². The van der Waals surface area contributed by atoms with Gasteiger partial charge in [-0.1, -0.05) is 34.4 Å². The van der Waals surface area contributed by atoms with Gasteiger partial charge in [0.25, 0.3) is 5.91 Å². The molecule has 24 heavy (non-hydrogen) atoms. The summed E-state index contributed by atoms with van der Waals surface area (Å²) in [5.41, 5.74) is 0.860. The van der Waals surface area contributed by atoms with Gasteiger partial charge in [-0.15, -0.1) is 0 Å². The van der Waals surface area contributed by atoms with Crippen LogP contribution in [-0.4, -0.2) is 35.0 Å². The third-order valence-electron chi connectivity index (χ3n) is 3.37. The van der Waals surface area contributed by atoms with Gasteiger partial charge in [0, 0.05) is 13.1 Å². The predicted octanol–water partition coefficient (Wildman–Crippen LogP) is 3.07. The summed E-state index contributed by atoms with van der Waals surface area (Å²) in [6.45, 7) is 3.66. The second-order valence-electron chi connectivity index (χ2n) is 5.42. The van der Waals surface area contributed by atoms with E-state index in [0.717, 1.165) is 0 Å². The second kappa shape index (κ2) is 7.68. The number of carbonyl (C=O) groups excluding carboxylic acids is 2. The molecular formula is C16H17Cl2N3O3. The predicted molar refractivity (Wildman–Crippen MR) is 91.1 cm³/mol. The van der Waals surface area contributed by atoms with E-state index in [1.807, 2.05) is 0 Å². The molecule has 0 aliphatic rings. The van der Waals surface area contributed by atoms with Crippen LogP contribution in [0.25, 0.3) is 0 Å². The minimum Gasteiger partial charge on any atom is -0.361 e. The summed E-state index contributed by atoms with van der Waals surface area (Å²) >= 11 is 11.9. The van der Waals surface area contributed by atoms with E-state index >= 15 is 0 Å². The largest absolute Gasteiger partial charge is 0.361 e. The number of carbonyl (C=O) groups is 2. The number of halogens is 2. The number of hydrogen-bond acceptors (Lipinski definition) is 4. The van der Waals surface area contributed by atoms with Crippen LogP contribution in [0.1, 0.15) is 28.7 Å². The van der Waals surface area contributed by atoms with E-state index in [1.54, 1.807) is 45.2 Å². The molecule has 1 N–H and O–H groups in total. The van der Waals surface area contributed by atoms with Crippen molar-refractivity contribution in [1.29, 1.82) is 0 Å². The van der Waals surface area contributed by atoms with Crippen LogP contribution < -0.4 is 5.32 Å². The molecule has 0 radical (unpaired) electrons. The maximum absolute atomic E-state index is 12.4. The summed E-state index contributed by atoms with van der Waals surface area (Å²) in [5, 5.41) is 6.89. The van der Waals surface area contributed by atoms with E-state index in [9.17, 15) is 9.59 Å². The molecule has 2 amide bonds. The van der Waals surface area contributed by atoms with E-state index in [4.69, 9.17) is 27.7 Å². The Kier molecular flexibility index (Phi) is 5.85. The van der Waals surface area contributed by atoms with Crippen molar-refractivity contribution in [2.75, 3.05) is 7.05 Å². The van der Waals surface area contributed by atoms with Gasteiger partial charge in [0.15, 0.2) is 0 Å². The lowest BCUT2D eigenvalue weighted by molar-refractivity contribution is -0.132. The molecule has 0 fully saturated rings. The van der Waals surface area contributed by atoms with Crippen molar-refractivity contribution in [2.45, 2.75) is 26.4 Å². The Morgan fingerprint density at radius 2 is 2.08 bits per heavy atom. The molecule has 0 aliphatic heterocycles. The minimum atomic E-state index is -0.731. The van der Waals surface area contributed by atoms with Gasteiger partial charge in [0.1, 0.15) is 17.5 Å². The van der Waals surface area contributed by atoms with Crippen LogP contribution in [0, 0.1) is 6.92 Å². The Morgan fingerprint density at radius 1 is 1.38 bits per heavy atom. The third-order valence-corrected chi connectivity index (χ3v) is 4.19. The first kappa shape index (κ1) is 18.3. The minimum absolute atomic E-state index is 0.155. The summed E-state index contributed by atoms with van der Waals surface area (Å²) in [4.78, 5) is 26.1. The molecule has 2 rings (SSSR count). The van der Waals surface area contributed by atoms with Crippen LogP contribution in [0.4, 0.5) is 0 Å². The Hall–Kier alpha value is -2.05. The summed E-state index contributed by atoms with van der Waals surface area (Å²) in [6.07, 6.45) is 0. The van der Waals surface area contributed by atoms with Crippen LogP contribution in [0.2, 0.25) is 10.0 Å². The number of nitrogens with zero attached hydrogens (tertiary/aromatic N) is 2. The van der Waals surface area contributed by atoms with Gasteiger partial charge in [0.2, 0.25) is 5.91 Å². The SMILES string of the molecule is Cc1cc(CN(C)C(=O)[C@H](C)NC(=O)c2cccc(Cl)c2Cl)no1. The standard InChI is InChI=1S/C16H17Cl2N3O3/c1-9-7-11(20-24-9)8-21(3)16(23)10(2)19-15(22)12-5-4-6-13(17)14(12)18/h4-7,10H,8H2,1-3H3,(H,19,22)/t10-/m0/s1. The number of nitrogens with one attached hydrogen (secondary N) is 1. The Balaban J connectivity index is 2.00. The molecule has 1 aromatic carbocycles. The zero-order chi connectivity index (χ0) is 17.9. The fourth-order valence-corrected chi connectivity index (χ4v) is 2.55. The normalized spacial score (nSPS) is 11.9. The number of benzene rings is 1. The van der Waals surface area contributed by atoms with E-state index < -0.39 is 11.9 Å². The van der Waals surface area contributed by atoms with Crippen molar-refractivity contribution in [3.63, 3.8) is 0 Å². The molecule has 1 heterocycles. The van der Waals surface area contributed by atoms with Crippen LogP contribution in [0.5, 0.6) is 0 Å². The number of aromatic nitrogens is 1. The maximum Gasteiger partial charge on any atom is 0.253 e. The molecular weight excluding hydrogens is 353 g/mol. The molecule has 0 aliphatic carbocycles. The number of hydrogen-bond donors (Lipinski definition) is 1. The lowest BCUT2D eigenvalue weighted by Gasteiger charge is -2.21. The number of rotatable bonds is 5. The summed E-state index contributed by atoms with van der Waals surface area (Å²) in [7, 11) is 1.63. The maximum atomic E-state index is 12.4. The average molecular weight is 370 g/mol. The molecule has 1 aromatic heterocycles. The van der Waals surface area contributed by atoms with Crippen molar-refractivity contribution >= 4 is 35.0 Å². The molecule has 1 atom stereocenters. The van der Waals surface area contributed by atoms with Gasteiger partial charge in [-0.25, -0.2) is 0 Å². The van der Waals surface area contributed by atoms with Crippen LogP contribution in [0.3, 0.4) is 0 Å². The molecule has 0 unspecified atom stereocenters. The Morgan fingerprint density at radius 3 is 2.71 bits per heavy atom. The van der Waals surface area contributed by atoms with E-state index in [1.165, 1.54) is 4.90 Å². The number of likely N-dealkylation sites (N-methyl/N-ethyl adjacent to an activating group) is 1. The summed E-state index contributed by atoms with van der Waals surface area (Å²) < 4.78 is 4.97. The zero-order valence-corrected chi connectivity index (χ0v) is 15.0. The molecule has 0 spiro atoms. The molecule has 128 valence electrons. The van der Waals surface area contributed by atoms with Crippen molar-refractivity contribution in [1.82, 2.24) is 15.4 Å². The molecule has 2 aromatic rings. The van der Waals surface area contributed by atoms with Crippen LogP contribution in [0.15, 0.2) is 28.8 Å². The van der Waals surface area contributed by atoms with Gasteiger partial charge >= 0.3 is 0 Å². The number of aryl methyl sites for hydroxylation is 1. The van der Waals surface area contributed by atoms with Gasteiger partial charge < -0.3 is 14.7 Å². The first-order valence-electron chi connectivity index (χ1n) is 7.21. The van der Waals surface area contributed by atoms with Crippen molar-refractivity contribution in [3.05, 3.63) is 51.3 Å². The van der Waals surface area contributed by atoms with Gasteiger partial charge in [-0.05, 0) is 26.0 Å². The van der Waals surface area contributed by atoms with Crippen molar-refractivity contribution in [3.8, 4) is 0 Å². The summed E-state index contributed by atoms with van der Waals surface area (Å²) in [5.74, 6) is -0.0565. The molecule has 8 heteroatoms. The first-order valence-corrected chi connectivity index (χ1v) is 7.97. The molecule has 0 saturated heterocycles. The quantitative estimate of drug-likeness (QED) is 0.878. The van der Waals surface area contributed by atoms with Crippen molar-refractivity contribution < 1.29 is 14.1 Å². The monoisotopic (exact) mass is 369 g/mol. The van der Waals surface area contributed by atoms with Gasteiger partial charge in [0.05, 0.1) is 22.2 Å². The smallest absolute Gasteiger partial charge is 0.253 e. The average Bonchev–Trinajstić information content (AvgIpc) is 2.93. The Bertz CT molecular complexity index is 761. The van der Waals surface area contributed by atoms with Gasteiger partial charge in [-0.3, -0.25) is 9.59 Å². The zero-order valence-electron chi connectivity index (χ0n) is 13.5. The highest BCUT2D eigenvalue weighted by molar-refractivity contribution is 6.43.